The van der Waals surface area contributed by atoms with Gasteiger partial charge in [-0.15, -0.1) is 5.10 Å². The predicted octanol–water partition coefficient (Wildman–Crippen LogP) is 2.66. The molecule has 0 bridgehead atoms. The molecule has 1 unspecified atom stereocenters. The average Bonchev–Trinajstić information content (AvgIpc) is 3.19. The van der Waals surface area contributed by atoms with Crippen LogP contribution < -0.4 is 5.32 Å². The Morgan fingerprint density at radius 1 is 1.29 bits per heavy atom. The van der Waals surface area contributed by atoms with E-state index in [1.807, 2.05) is 34.6 Å². The Bertz CT molecular complexity index is 900. The third-order valence-corrected chi connectivity index (χ3v) is 4.70. The Morgan fingerprint density at radius 2 is 1.96 bits per heavy atom. The molecule has 0 saturated carbocycles. The number of amides is 2. The SMILES string of the molecule is CC(C)c1nc(C(=O)NC2CC(=O)N(C(C)(C)C)C2)nn1-c1ccccc1F. The first-order valence-corrected chi connectivity index (χ1v) is 9.41. The first-order valence-electron chi connectivity index (χ1n) is 9.41. The molecule has 0 aliphatic carbocycles. The van der Waals surface area contributed by atoms with Gasteiger partial charge in [-0.05, 0) is 32.9 Å². The van der Waals surface area contributed by atoms with Crippen molar-refractivity contribution in [3.8, 4) is 5.69 Å². The summed E-state index contributed by atoms with van der Waals surface area (Å²) in [4.78, 5) is 31.0. The lowest BCUT2D eigenvalue weighted by molar-refractivity contribution is -0.131. The molecule has 0 radical (unpaired) electrons. The van der Waals surface area contributed by atoms with Crippen molar-refractivity contribution in [3.05, 3.63) is 41.7 Å². The second kappa shape index (κ2) is 7.33. The fourth-order valence-electron chi connectivity index (χ4n) is 3.30. The molecule has 2 amide bonds. The molecule has 1 saturated heterocycles. The van der Waals surface area contributed by atoms with Crippen LogP contribution in [-0.2, 0) is 4.79 Å². The number of nitrogens with one attached hydrogen (secondary N) is 1. The molecule has 1 N–H and O–H groups in total. The number of nitrogens with zero attached hydrogens (tertiary/aromatic N) is 4. The summed E-state index contributed by atoms with van der Waals surface area (Å²) in [5.41, 5.74) is -0.0563. The van der Waals surface area contributed by atoms with Crippen LogP contribution in [0.1, 0.15) is 63.4 Å². The fourth-order valence-corrected chi connectivity index (χ4v) is 3.30. The van der Waals surface area contributed by atoms with Gasteiger partial charge in [0.25, 0.3) is 5.91 Å². The maximum atomic E-state index is 14.2. The highest BCUT2D eigenvalue weighted by molar-refractivity contribution is 5.91. The number of para-hydroxylation sites is 1. The zero-order valence-corrected chi connectivity index (χ0v) is 16.9. The van der Waals surface area contributed by atoms with Gasteiger partial charge in [-0.1, -0.05) is 26.0 Å². The lowest BCUT2D eigenvalue weighted by atomic mass is 10.1. The van der Waals surface area contributed by atoms with E-state index in [9.17, 15) is 14.0 Å². The number of aromatic nitrogens is 3. The van der Waals surface area contributed by atoms with Gasteiger partial charge in [0.05, 0.1) is 6.04 Å². The van der Waals surface area contributed by atoms with E-state index in [1.54, 1.807) is 23.1 Å². The number of carbonyl (C=O) groups excluding carboxylic acids is 2. The molecule has 2 heterocycles. The summed E-state index contributed by atoms with van der Waals surface area (Å²) >= 11 is 0. The highest BCUT2D eigenvalue weighted by Gasteiger charge is 2.37. The molecule has 0 spiro atoms. The normalized spacial score (nSPS) is 17.5. The monoisotopic (exact) mass is 387 g/mol. The second-order valence-electron chi connectivity index (χ2n) is 8.36. The van der Waals surface area contributed by atoms with E-state index < -0.39 is 11.7 Å². The fraction of sp³-hybridized carbons (Fsp3) is 0.500. The topological polar surface area (TPSA) is 80.1 Å². The molecule has 2 aromatic rings. The summed E-state index contributed by atoms with van der Waals surface area (Å²) in [6.07, 6.45) is 0.244. The van der Waals surface area contributed by atoms with Crippen LogP contribution in [0.2, 0.25) is 0 Å². The summed E-state index contributed by atoms with van der Waals surface area (Å²) in [6, 6.07) is 5.92. The highest BCUT2D eigenvalue weighted by atomic mass is 19.1. The van der Waals surface area contributed by atoms with E-state index in [-0.39, 0.29) is 41.3 Å². The van der Waals surface area contributed by atoms with Gasteiger partial charge >= 0.3 is 0 Å². The van der Waals surface area contributed by atoms with Crippen molar-refractivity contribution >= 4 is 11.8 Å². The minimum atomic E-state index is -0.467. The van der Waals surface area contributed by atoms with E-state index in [0.717, 1.165) is 0 Å². The van der Waals surface area contributed by atoms with Crippen molar-refractivity contribution in [3.63, 3.8) is 0 Å². The highest BCUT2D eigenvalue weighted by Crippen LogP contribution is 2.23. The molecule has 1 fully saturated rings. The summed E-state index contributed by atoms with van der Waals surface area (Å²) < 4.78 is 15.6. The first kappa shape index (κ1) is 20.0. The number of rotatable bonds is 4. The number of carbonyl (C=O) groups is 2. The van der Waals surface area contributed by atoms with Gasteiger partial charge in [0.1, 0.15) is 17.3 Å². The first-order chi connectivity index (χ1) is 13.1. The summed E-state index contributed by atoms with van der Waals surface area (Å²) in [5, 5.41) is 7.09. The third kappa shape index (κ3) is 3.90. The molecule has 150 valence electrons. The van der Waals surface area contributed by atoms with Crippen LogP contribution in [0.3, 0.4) is 0 Å². The number of likely N-dealkylation sites (tertiary alicyclic amines) is 1. The van der Waals surface area contributed by atoms with Crippen molar-refractivity contribution in [1.82, 2.24) is 25.0 Å². The van der Waals surface area contributed by atoms with Crippen LogP contribution in [0.4, 0.5) is 4.39 Å². The number of benzene rings is 1. The van der Waals surface area contributed by atoms with Crippen LogP contribution in [0.5, 0.6) is 0 Å². The molecule has 1 aromatic carbocycles. The second-order valence-corrected chi connectivity index (χ2v) is 8.36. The van der Waals surface area contributed by atoms with Crippen molar-refractivity contribution < 1.29 is 14.0 Å². The lowest BCUT2D eigenvalue weighted by Crippen LogP contribution is -2.44. The van der Waals surface area contributed by atoms with Crippen LogP contribution in [0, 0.1) is 5.82 Å². The minimum Gasteiger partial charge on any atom is -0.344 e. The quantitative estimate of drug-likeness (QED) is 0.875. The van der Waals surface area contributed by atoms with Gasteiger partial charge in [-0.25, -0.2) is 14.1 Å². The predicted molar refractivity (Wildman–Crippen MR) is 103 cm³/mol. The maximum absolute atomic E-state index is 14.2. The summed E-state index contributed by atoms with van der Waals surface area (Å²) in [6.45, 7) is 10.1. The van der Waals surface area contributed by atoms with E-state index >= 15 is 0 Å². The zero-order chi connectivity index (χ0) is 20.6. The van der Waals surface area contributed by atoms with Crippen molar-refractivity contribution in [2.45, 2.75) is 58.5 Å². The maximum Gasteiger partial charge on any atom is 0.291 e. The molecule has 3 rings (SSSR count). The summed E-state index contributed by atoms with van der Waals surface area (Å²) in [7, 11) is 0. The molecule has 28 heavy (non-hydrogen) atoms. The van der Waals surface area contributed by atoms with Crippen LogP contribution in [0.15, 0.2) is 24.3 Å². The third-order valence-electron chi connectivity index (χ3n) is 4.70. The molecule has 1 atom stereocenters. The summed E-state index contributed by atoms with van der Waals surface area (Å²) in [5.74, 6) is -0.500. The molecular formula is C20H26FN5O2. The van der Waals surface area contributed by atoms with Crippen molar-refractivity contribution in [2.24, 2.45) is 0 Å². The van der Waals surface area contributed by atoms with Gasteiger partial charge in [0, 0.05) is 24.4 Å². The van der Waals surface area contributed by atoms with Gasteiger partial charge < -0.3 is 10.2 Å². The van der Waals surface area contributed by atoms with Crippen LogP contribution in [-0.4, -0.2) is 49.6 Å². The van der Waals surface area contributed by atoms with Crippen molar-refractivity contribution in [2.75, 3.05) is 6.54 Å². The van der Waals surface area contributed by atoms with Gasteiger partial charge in [0.2, 0.25) is 11.7 Å². The molecule has 1 aliphatic heterocycles. The van der Waals surface area contributed by atoms with E-state index in [1.165, 1.54) is 10.7 Å². The Morgan fingerprint density at radius 3 is 2.54 bits per heavy atom. The number of halogens is 1. The Balaban J connectivity index is 1.83. The Labute approximate surface area is 163 Å². The molecular weight excluding hydrogens is 361 g/mol. The van der Waals surface area contributed by atoms with Crippen LogP contribution >= 0.6 is 0 Å². The Kier molecular flexibility index (Phi) is 5.23. The lowest BCUT2D eigenvalue weighted by Gasteiger charge is -2.32. The molecule has 1 aromatic heterocycles. The average molecular weight is 387 g/mol. The minimum absolute atomic E-state index is 0.00511. The van der Waals surface area contributed by atoms with Gasteiger partial charge in [-0.3, -0.25) is 9.59 Å². The van der Waals surface area contributed by atoms with Gasteiger partial charge in [-0.2, -0.15) is 0 Å². The van der Waals surface area contributed by atoms with Gasteiger partial charge in [0.15, 0.2) is 0 Å². The molecule has 8 heteroatoms. The van der Waals surface area contributed by atoms with Crippen molar-refractivity contribution in [1.29, 1.82) is 0 Å². The van der Waals surface area contributed by atoms with Crippen LogP contribution in [0.25, 0.3) is 5.69 Å². The molecule has 7 nitrogen and oxygen atoms in total. The number of hydrogen-bond donors (Lipinski definition) is 1. The largest absolute Gasteiger partial charge is 0.344 e. The standard InChI is InChI=1S/C20H26FN5O2/c1-12(2)18-23-17(24-26(18)15-9-7-6-8-14(15)21)19(28)22-13-10-16(27)25(11-13)20(3,4)5/h6-9,12-13H,10-11H2,1-5H3,(H,22,28). The molecule has 1 aliphatic rings. The van der Waals surface area contributed by atoms with E-state index in [4.69, 9.17) is 0 Å². The van der Waals surface area contributed by atoms with E-state index in [0.29, 0.717) is 12.4 Å². The smallest absolute Gasteiger partial charge is 0.291 e. The zero-order valence-electron chi connectivity index (χ0n) is 16.9. The van der Waals surface area contributed by atoms with E-state index in [2.05, 4.69) is 15.4 Å². The number of hydrogen-bond acceptors (Lipinski definition) is 4. The Hall–Kier alpha value is -2.77.